The van der Waals surface area contributed by atoms with Crippen molar-refractivity contribution in [2.24, 2.45) is 0 Å². The number of para-hydroxylation sites is 1. The lowest BCUT2D eigenvalue weighted by Crippen LogP contribution is -2.39. The number of benzene rings is 1. The van der Waals surface area contributed by atoms with E-state index in [0.717, 1.165) is 6.54 Å². The van der Waals surface area contributed by atoms with Gasteiger partial charge in [-0.05, 0) is 37.6 Å². The molecule has 0 aliphatic carbocycles. The lowest BCUT2D eigenvalue weighted by molar-refractivity contribution is -0.120. The highest BCUT2D eigenvalue weighted by Gasteiger charge is 2.19. The number of nitriles is 1. The Labute approximate surface area is 128 Å². The van der Waals surface area contributed by atoms with Crippen molar-refractivity contribution in [3.05, 3.63) is 52.2 Å². The molecule has 0 saturated heterocycles. The molecule has 108 valence electrons. The summed E-state index contributed by atoms with van der Waals surface area (Å²) in [7, 11) is 1.92. The number of carbonyl (C=O) groups is 1. The van der Waals surface area contributed by atoms with Crippen LogP contribution in [0.1, 0.15) is 17.4 Å². The molecule has 1 aromatic heterocycles. The minimum Gasteiger partial charge on any atom is -0.324 e. The van der Waals surface area contributed by atoms with Gasteiger partial charge < -0.3 is 5.32 Å². The van der Waals surface area contributed by atoms with Crippen molar-refractivity contribution < 1.29 is 4.79 Å². The molecule has 1 N–H and O–H groups in total. The van der Waals surface area contributed by atoms with Crippen molar-refractivity contribution in [2.45, 2.75) is 19.5 Å². The Hall–Kier alpha value is -2.16. The van der Waals surface area contributed by atoms with Gasteiger partial charge in [0.25, 0.3) is 0 Å². The van der Waals surface area contributed by atoms with E-state index >= 15 is 0 Å². The number of anilines is 1. The first kappa shape index (κ1) is 15.2. The second kappa shape index (κ2) is 7.02. The highest BCUT2D eigenvalue weighted by molar-refractivity contribution is 7.09. The molecule has 0 unspecified atom stereocenters. The third-order valence-electron chi connectivity index (χ3n) is 3.33. The Bertz CT molecular complexity index is 646. The van der Waals surface area contributed by atoms with Gasteiger partial charge in [0.05, 0.1) is 17.3 Å². The van der Waals surface area contributed by atoms with E-state index in [2.05, 4.69) is 17.5 Å². The van der Waals surface area contributed by atoms with Gasteiger partial charge in [0.15, 0.2) is 0 Å². The Kier molecular flexibility index (Phi) is 5.09. The molecule has 1 atom stereocenters. The van der Waals surface area contributed by atoms with Crippen molar-refractivity contribution in [3.8, 4) is 6.07 Å². The van der Waals surface area contributed by atoms with Gasteiger partial charge in [-0.2, -0.15) is 5.26 Å². The van der Waals surface area contributed by atoms with Crippen LogP contribution in [0.4, 0.5) is 5.69 Å². The van der Waals surface area contributed by atoms with Crippen LogP contribution < -0.4 is 5.32 Å². The summed E-state index contributed by atoms with van der Waals surface area (Å²) < 4.78 is 0. The van der Waals surface area contributed by atoms with E-state index < -0.39 is 0 Å². The number of nitrogens with zero attached hydrogens (tertiary/aromatic N) is 2. The van der Waals surface area contributed by atoms with Crippen molar-refractivity contribution in [1.82, 2.24) is 4.90 Å². The average molecular weight is 299 g/mol. The number of thiophene rings is 1. The van der Waals surface area contributed by atoms with Gasteiger partial charge in [0.2, 0.25) is 5.91 Å². The second-order valence-corrected chi connectivity index (χ2v) is 5.85. The Morgan fingerprint density at radius 1 is 1.38 bits per heavy atom. The lowest BCUT2D eigenvalue weighted by atomic mass is 10.2. The molecule has 0 bridgehead atoms. The van der Waals surface area contributed by atoms with E-state index in [-0.39, 0.29) is 11.9 Å². The van der Waals surface area contributed by atoms with Gasteiger partial charge in [-0.25, -0.2) is 0 Å². The first-order valence-electron chi connectivity index (χ1n) is 6.64. The maximum absolute atomic E-state index is 12.3. The summed E-state index contributed by atoms with van der Waals surface area (Å²) in [6.45, 7) is 2.59. The lowest BCUT2D eigenvalue weighted by Gasteiger charge is -2.23. The minimum absolute atomic E-state index is 0.114. The van der Waals surface area contributed by atoms with Crippen LogP contribution in [0.25, 0.3) is 0 Å². The van der Waals surface area contributed by atoms with Crippen molar-refractivity contribution >= 4 is 22.9 Å². The zero-order valence-corrected chi connectivity index (χ0v) is 12.9. The minimum atomic E-state index is -0.279. The van der Waals surface area contributed by atoms with Gasteiger partial charge in [-0.3, -0.25) is 9.69 Å². The molecule has 2 aromatic rings. The molecule has 4 nitrogen and oxygen atoms in total. The number of carbonyl (C=O) groups excluding carboxylic acids is 1. The molecule has 0 aliphatic heterocycles. The fourth-order valence-electron chi connectivity index (χ4n) is 1.91. The van der Waals surface area contributed by atoms with Gasteiger partial charge in [0.1, 0.15) is 6.07 Å². The van der Waals surface area contributed by atoms with E-state index in [1.54, 1.807) is 35.6 Å². The van der Waals surface area contributed by atoms with E-state index in [0.29, 0.717) is 11.3 Å². The summed E-state index contributed by atoms with van der Waals surface area (Å²) in [5, 5.41) is 13.9. The Balaban J connectivity index is 2.01. The first-order valence-corrected chi connectivity index (χ1v) is 7.52. The standard InChI is InChI=1S/C16H17N3OS/c1-12(19(2)11-14-7-5-9-21-14)16(20)18-15-8-4-3-6-13(15)10-17/h3-9,12H,11H2,1-2H3,(H,18,20)/t12-/m1/s1. The molecule has 21 heavy (non-hydrogen) atoms. The maximum Gasteiger partial charge on any atom is 0.241 e. The molecule has 2 rings (SSSR count). The van der Waals surface area contributed by atoms with Crippen molar-refractivity contribution in [2.75, 3.05) is 12.4 Å². The quantitative estimate of drug-likeness (QED) is 0.923. The second-order valence-electron chi connectivity index (χ2n) is 4.82. The normalized spacial score (nSPS) is 11.9. The topological polar surface area (TPSA) is 56.1 Å². The van der Waals surface area contributed by atoms with E-state index in [4.69, 9.17) is 5.26 Å². The highest BCUT2D eigenvalue weighted by Crippen LogP contribution is 2.16. The third-order valence-corrected chi connectivity index (χ3v) is 4.19. The number of nitrogens with one attached hydrogen (secondary N) is 1. The summed E-state index contributed by atoms with van der Waals surface area (Å²) in [6.07, 6.45) is 0. The first-order chi connectivity index (χ1) is 10.1. The van der Waals surface area contributed by atoms with Crippen molar-refractivity contribution in [1.29, 1.82) is 5.26 Å². The number of amides is 1. The monoisotopic (exact) mass is 299 g/mol. The SMILES string of the molecule is C[C@H](C(=O)Nc1ccccc1C#N)N(C)Cc1cccs1. The fraction of sp³-hybridized carbons (Fsp3) is 0.250. The Morgan fingerprint density at radius 3 is 2.81 bits per heavy atom. The zero-order chi connectivity index (χ0) is 15.2. The molecule has 0 saturated carbocycles. The molecule has 0 fully saturated rings. The molecular formula is C16H17N3OS. The van der Waals surface area contributed by atoms with Crippen molar-refractivity contribution in [3.63, 3.8) is 0 Å². The van der Waals surface area contributed by atoms with Crippen LogP contribution in [-0.4, -0.2) is 23.9 Å². The predicted octanol–water partition coefficient (Wildman–Crippen LogP) is 3.08. The smallest absolute Gasteiger partial charge is 0.241 e. The van der Waals surface area contributed by atoms with Crippen LogP contribution in [0.15, 0.2) is 41.8 Å². The maximum atomic E-state index is 12.3. The molecule has 1 aromatic carbocycles. The number of likely N-dealkylation sites (N-methyl/N-ethyl adjacent to an activating group) is 1. The van der Waals surface area contributed by atoms with E-state index in [1.165, 1.54) is 4.88 Å². The van der Waals surface area contributed by atoms with E-state index in [1.807, 2.05) is 30.3 Å². The van der Waals surface area contributed by atoms with Gasteiger partial charge in [0, 0.05) is 11.4 Å². The summed E-state index contributed by atoms with van der Waals surface area (Å²) in [5.74, 6) is -0.114. The molecule has 0 spiro atoms. The van der Waals surface area contributed by atoms with Crippen LogP contribution in [0.5, 0.6) is 0 Å². The molecule has 1 amide bonds. The summed E-state index contributed by atoms with van der Waals surface area (Å²) in [5.41, 5.74) is 1.03. The van der Waals surface area contributed by atoms with Crippen LogP contribution >= 0.6 is 11.3 Å². The number of hydrogen-bond acceptors (Lipinski definition) is 4. The third kappa shape index (κ3) is 3.91. The van der Waals surface area contributed by atoms with Gasteiger partial charge >= 0.3 is 0 Å². The number of rotatable bonds is 5. The summed E-state index contributed by atoms with van der Waals surface area (Å²) >= 11 is 1.67. The Morgan fingerprint density at radius 2 is 2.14 bits per heavy atom. The summed E-state index contributed by atoms with van der Waals surface area (Å²) in [6, 6.07) is 12.9. The summed E-state index contributed by atoms with van der Waals surface area (Å²) in [4.78, 5) is 15.5. The van der Waals surface area contributed by atoms with Crippen LogP contribution in [0, 0.1) is 11.3 Å². The fourth-order valence-corrected chi connectivity index (χ4v) is 2.68. The average Bonchev–Trinajstić information content (AvgIpc) is 2.99. The predicted molar refractivity (Wildman–Crippen MR) is 85.0 cm³/mol. The molecule has 0 radical (unpaired) electrons. The molecule has 1 heterocycles. The molecular weight excluding hydrogens is 282 g/mol. The van der Waals surface area contributed by atoms with Crippen LogP contribution in [-0.2, 0) is 11.3 Å². The van der Waals surface area contributed by atoms with E-state index in [9.17, 15) is 4.79 Å². The van der Waals surface area contributed by atoms with Gasteiger partial charge in [-0.15, -0.1) is 11.3 Å². The van der Waals surface area contributed by atoms with Gasteiger partial charge in [-0.1, -0.05) is 18.2 Å². The van der Waals surface area contributed by atoms with Crippen LogP contribution in [0.3, 0.4) is 0 Å². The number of hydrogen-bond donors (Lipinski definition) is 1. The highest BCUT2D eigenvalue weighted by atomic mass is 32.1. The largest absolute Gasteiger partial charge is 0.324 e. The van der Waals surface area contributed by atoms with Crippen LogP contribution in [0.2, 0.25) is 0 Å². The molecule has 0 aliphatic rings. The zero-order valence-electron chi connectivity index (χ0n) is 12.0. The molecule has 5 heteroatoms.